The molecule has 2 aliphatic rings. The van der Waals surface area contributed by atoms with Crippen LogP contribution in [0.15, 0.2) is 96.0 Å². The first-order chi connectivity index (χ1) is 16.8. The lowest BCUT2D eigenvalue weighted by Crippen LogP contribution is -2.45. The Balaban J connectivity index is 1.84. The first kappa shape index (κ1) is 22.8. The maximum absolute atomic E-state index is 13.8. The lowest BCUT2D eigenvalue weighted by atomic mass is 9.67. The molecule has 0 bridgehead atoms. The second-order valence-electron chi connectivity index (χ2n) is 10.2. The van der Waals surface area contributed by atoms with Gasteiger partial charge in [-0.05, 0) is 42.5 Å². The van der Waals surface area contributed by atoms with E-state index >= 15 is 0 Å². The van der Waals surface area contributed by atoms with Gasteiger partial charge < -0.3 is 5.11 Å². The molecule has 1 aliphatic carbocycles. The molecular weight excluding hydrogens is 434 g/mol. The van der Waals surface area contributed by atoms with E-state index in [1.54, 1.807) is 12.4 Å². The molecule has 0 saturated heterocycles. The molecule has 5 nitrogen and oxygen atoms in total. The van der Waals surface area contributed by atoms with Crippen LogP contribution in [0.3, 0.4) is 0 Å². The molecule has 1 aliphatic heterocycles. The number of nitrogens with zero attached hydrogens (tertiary/aromatic N) is 2. The van der Waals surface area contributed by atoms with Gasteiger partial charge in [-0.1, -0.05) is 67.9 Å². The summed E-state index contributed by atoms with van der Waals surface area (Å²) >= 11 is 0. The number of hydrogen-bond acceptors (Lipinski definition) is 4. The Labute approximate surface area is 206 Å². The van der Waals surface area contributed by atoms with Crippen molar-refractivity contribution in [3.63, 3.8) is 0 Å². The fourth-order valence-electron chi connectivity index (χ4n) is 5.22. The van der Waals surface area contributed by atoms with Gasteiger partial charge in [0.05, 0.1) is 0 Å². The number of allylic oxidation sites excluding steroid dienone is 2. The minimum atomic E-state index is -0.573. The van der Waals surface area contributed by atoms with Crippen molar-refractivity contribution < 1.29 is 9.90 Å². The molecule has 2 N–H and O–H groups in total. The Morgan fingerprint density at radius 2 is 1.74 bits per heavy atom. The summed E-state index contributed by atoms with van der Waals surface area (Å²) in [6.45, 7) is 6.18. The molecule has 2 aromatic carbocycles. The van der Waals surface area contributed by atoms with Gasteiger partial charge in [0.25, 0.3) is 0 Å². The molecule has 0 amide bonds. The molecule has 1 unspecified atom stereocenters. The number of para-hydroxylation sites is 1. The average molecular weight is 464 g/mol. The summed E-state index contributed by atoms with van der Waals surface area (Å²) in [5, 5.41) is 21.0. The summed E-state index contributed by atoms with van der Waals surface area (Å²) in [4.78, 5) is 19.9. The van der Waals surface area contributed by atoms with E-state index in [9.17, 15) is 15.3 Å². The van der Waals surface area contributed by atoms with Gasteiger partial charge in [-0.15, -0.1) is 0 Å². The van der Waals surface area contributed by atoms with Crippen molar-refractivity contribution in [2.24, 2.45) is 5.41 Å². The monoisotopic (exact) mass is 463 g/mol. The third kappa shape index (κ3) is 4.08. The van der Waals surface area contributed by atoms with Crippen LogP contribution in [0.4, 0.5) is 5.69 Å². The van der Waals surface area contributed by atoms with Gasteiger partial charge in [-0.25, -0.2) is 0 Å². The highest BCUT2D eigenvalue weighted by molar-refractivity contribution is 6.19. The third-order valence-corrected chi connectivity index (χ3v) is 6.83. The quantitative estimate of drug-likeness (QED) is 0.430. The van der Waals surface area contributed by atoms with Crippen LogP contribution in [-0.2, 0) is 4.79 Å². The van der Waals surface area contributed by atoms with Crippen LogP contribution < -0.4 is 4.90 Å². The van der Waals surface area contributed by atoms with Crippen LogP contribution in [0.1, 0.15) is 49.3 Å². The summed E-state index contributed by atoms with van der Waals surface area (Å²) in [7, 11) is 0. The number of ketones is 1. The van der Waals surface area contributed by atoms with Crippen LogP contribution in [0.25, 0.3) is 5.76 Å². The number of aromatic nitrogens is 1. The maximum atomic E-state index is 13.8. The molecule has 0 saturated carbocycles. The van der Waals surface area contributed by atoms with E-state index in [-0.39, 0.29) is 22.8 Å². The predicted octanol–water partition coefficient (Wildman–Crippen LogP) is 6.58. The number of nitrogens with one attached hydrogen (secondary N) is 1. The van der Waals surface area contributed by atoms with Crippen LogP contribution in [0, 0.1) is 17.7 Å². The molecule has 0 radical (unpaired) electrons. The van der Waals surface area contributed by atoms with Crippen molar-refractivity contribution >= 4 is 23.1 Å². The van der Waals surface area contributed by atoms with Crippen LogP contribution >= 0.6 is 0 Å². The normalized spacial score (nSPS) is 21.1. The van der Waals surface area contributed by atoms with Crippen molar-refractivity contribution in [2.75, 3.05) is 4.90 Å². The SMILES string of the molecule is Cc1ccc(/C(O)=C2\C(=N)N(c3ccccc3)C3=C(C(=O)CC(C)(C)C3)C2c2cccnc2)cc1. The van der Waals surface area contributed by atoms with E-state index in [1.807, 2.05) is 78.6 Å². The number of pyridine rings is 1. The van der Waals surface area contributed by atoms with Gasteiger partial charge in [0, 0.05) is 52.8 Å². The molecule has 1 aromatic heterocycles. The highest BCUT2D eigenvalue weighted by Crippen LogP contribution is 2.51. The van der Waals surface area contributed by atoms with Gasteiger partial charge in [-0.3, -0.25) is 20.1 Å². The van der Waals surface area contributed by atoms with Gasteiger partial charge in [0.15, 0.2) is 5.78 Å². The predicted molar refractivity (Wildman–Crippen MR) is 139 cm³/mol. The number of aryl methyl sites for hydroxylation is 1. The highest BCUT2D eigenvalue weighted by atomic mass is 16.3. The Hall–Kier alpha value is -3.99. The Morgan fingerprint density at radius 1 is 1.03 bits per heavy atom. The average Bonchev–Trinajstić information content (AvgIpc) is 2.84. The molecule has 0 spiro atoms. The number of Topliss-reactive ketones (excluding diaryl/α,β-unsaturated/α-hetero) is 1. The molecule has 2 heterocycles. The minimum Gasteiger partial charge on any atom is -0.507 e. The summed E-state index contributed by atoms with van der Waals surface area (Å²) < 4.78 is 0. The van der Waals surface area contributed by atoms with Crippen molar-refractivity contribution in [3.05, 3.63) is 113 Å². The van der Waals surface area contributed by atoms with E-state index in [0.29, 0.717) is 29.6 Å². The van der Waals surface area contributed by atoms with Crippen molar-refractivity contribution in [1.82, 2.24) is 4.98 Å². The lowest BCUT2D eigenvalue weighted by molar-refractivity contribution is -0.118. The van der Waals surface area contributed by atoms with E-state index in [0.717, 1.165) is 22.5 Å². The summed E-state index contributed by atoms with van der Waals surface area (Å²) in [6.07, 6.45) is 4.49. The van der Waals surface area contributed by atoms with E-state index in [4.69, 9.17) is 0 Å². The zero-order valence-electron chi connectivity index (χ0n) is 20.2. The topological polar surface area (TPSA) is 77.3 Å². The smallest absolute Gasteiger partial charge is 0.162 e. The van der Waals surface area contributed by atoms with E-state index in [1.165, 1.54) is 0 Å². The van der Waals surface area contributed by atoms with Gasteiger partial charge in [0.2, 0.25) is 0 Å². The van der Waals surface area contributed by atoms with E-state index < -0.39 is 5.92 Å². The van der Waals surface area contributed by atoms with Crippen LogP contribution in [0.5, 0.6) is 0 Å². The van der Waals surface area contributed by atoms with Gasteiger partial charge in [0.1, 0.15) is 11.6 Å². The number of amidine groups is 1. The Morgan fingerprint density at radius 3 is 2.40 bits per heavy atom. The Bertz CT molecular complexity index is 1350. The largest absolute Gasteiger partial charge is 0.507 e. The fraction of sp³-hybridized carbons (Fsp3) is 0.233. The van der Waals surface area contributed by atoms with Crippen LogP contribution in [-0.4, -0.2) is 21.7 Å². The number of aliphatic hydroxyl groups is 1. The molecule has 35 heavy (non-hydrogen) atoms. The molecule has 0 fully saturated rings. The Kier molecular flexibility index (Phi) is 5.64. The molecular formula is C30H29N3O2. The zero-order chi connectivity index (χ0) is 24.7. The molecule has 5 rings (SSSR count). The lowest BCUT2D eigenvalue weighted by Gasteiger charge is -2.45. The fourth-order valence-corrected chi connectivity index (χ4v) is 5.22. The summed E-state index contributed by atoms with van der Waals surface area (Å²) in [5.41, 5.74) is 4.94. The van der Waals surface area contributed by atoms with Gasteiger partial charge >= 0.3 is 0 Å². The zero-order valence-corrected chi connectivity index (χ0v) is 20.2. The standard InChI is InChI=1S/C30H29N3O2/c1-19-11-13-20(14-12-19)28(35)27-25(21-8-7-15-32-18-21)26-23(16-30(2,3)17-24(26)34)33(29(27)31)22-9-5-4-6-10-22/h4-15,18,25,31,35H,16-17H2,1-3H3/b28-27+,31-29?. The number of aliphatic hydroxyl groups excluding tert-OH is 1. The highest BCUT2D eigenvalue weighted by Gasteiger charge is 2.46. The number of carbonyl (C=O) groups excluding carboxylic acids is 1. The van der Waals surface area contributed by atoms with Crippen molar-refractivity contribution in [3.8, 4) is 0 Å². The molecule has 1 atom stereocenters. The van der Waals surface area contributed by atoms with Crippen molar-refractivity contribution in [1.29, 1.82) is 5.41 Å². The van der Waals surface area contributed by atoms with Crippen molar-refractivity contribution in [2.45, 2.75) is 39.5 Å². The second kappa shape index (κ2) is 8.66. The first-order valence-corrected chi connectivity index (χ1v) is 11.9. The third-order valence-electron chi connectivity index (χ3n) is 6.83. The number of benzene rings is 2. The summed E-state index contributed by atoms with van der Waals surface area (Å²) in [5.74, 6) is -0.342. The first-order valence-electron chi connectivity index (χ1n) is 11.9. The molecule has 3 aromatic rings. The summed E-state index contributed by atoms with van der Waals surface area (Å²) in [6, 6.07) is 21.0. The number of carbonyl (C=O) groups is 1. The maximum Gasteiger partial charge on any atom is 0.162 e. The number of anilines is 1. The van der Waals surface area contributed by atoms with E-state index in [2.05, 4.69) is 18.8 Å². The minimum absolute atomic E-state index is 0.00830. The van der Waals surface area contributed by atoms with Crippen LogP contribution in [0.2, 0.25) is 0 Å². The van der Waals surface area contributed by atoms with Gasteiger partial charge in [-0.2, -0.15) is 0 Å². The molecule has 5 heteroatoms. The number of rotatable bonds is 3. The number of hydrogen-bond donors (Lipinski definition) is 2. The second-order valence-corrected chi connectivity index (χ2v) is 10.2. The molecule has 176 valence electrons.